The van der Waals surface area contributed by atoms with E-state index in [-0.39, 0.29) is 0 Å². The molecule has 0 aromatic carbocycles. The minimum atomic E-state index is 0.290. The molecule has 0 aromatic heterocycles. The van der Waals surface area contributed by atoms with Gasteiger partial charge in [0, 0.05) is 18.4 Å². The highest BCUT2D eigenvalue weighted by molar-refractivity contribution is 7.98. The maximum atomic E-state index is 8.84. The van der Waals surface area contributed by atoms with E-state index in [1.54, 1.807) is 0 Å². The van der Waals surface area contributed by atoms with Crippen LogP contribution in [0.15, 0.2) is 0 Å². The molecule has 0 bridgehead atoms. The summed E-state index contributed by atoms with van der Waals surface area (Å²) in [7, 11) is 0. The molecule has 0 radical (unpaired) electrons. The van der Waals surface area contributed by atoms with Gasteiger partial charge in [0.2, 0.25) is 0 Å². The third-order valence-corrected chi connectivity index (χ3v) is 3.03. The normalized spacial score (nSPS) is 15.7. The molecule has 2 nitrogen and oxygen atoms in total. The van der Waals surface area contributed by atoms with Gasteiger partial charge >= 0.3 is 0 Å². The van der Waals surface area contributed by atoms with Gasteiger partial charge in [0.15, 0.2) is 0 Å². The minimum absolute atomic E-state index is 0.290. The monoisotopic (exact) mass is 205 g/mol. The van der Waals surface area contributed by atoms with Crippen molar-refractivity contribution in [2.75, 3.05) is 25.2 Å². The van der Waals surface area contributed by atoms with Crippen LogP contribution in [0, 0.1) is 5.92 Å². The second kappa shape index (κ2) is 8.85. The molecular formula is C10H23NOS. The molecule has 13 heavy (non-hydrogen) atoms. The molecule has 0 saturated carbocycles. The molecule has 0 saturated heterocycles. The van der Waals surface area contributed by atoms with E-state index in [9.17, 15) is 0 Å². The van der Waals surface area contributed by atoms with Crippen molar-refractivity contribution in [2.45, 2.75) is 32.7 Å². The van der Waals surface area contributed by atoms with Crippen molar-refractivity contribution in [1.82, 2.24) is 5.32 Å². The van der Waals surface area contributed by atoms with Gasteiger partial charge in [-0.25, -0.2) is 0 Å². The second-order valence-electron chi connectivity index (χ2n) is 3.59. The fourth-order valence-electron chi connectivity index (χ4n) is 1.11. The highest BCUT2D eigenvalue weighted by Gasteiger charge is 2.07. The van der Waals surface area contributed by atoms with Gasteiger partial charge in [0.1, 0.15) is 0 Å². The van der Waals surface area contributed by atoms with Gasteiger partial charge in [-0.1, -0.05) is 20.3 Å². The Balaban J connectivity index is 3.55. The van der Waals surface area contributed by atoms with Crippen LogP contribution in [-0.4, -0.2) is 36.3 Å². The van der Waals surface area contributed by atoms with E-state index < -0.39 is 0 Å². The molecule has 2 N–H and O–H groups in total. The van der Waals surface area contributed by atoms with Crippen LogP contribution < -0.4 is 5.32 Å². The van der Waals surface area contributed by atoms with E-state index in [2.05, 4.69) is 25.4 Å². The molecule has 0 fully saturated rings. The standard InChI is InChI=1S/C10H23NOS/c1-4-9(2)7-11-10(5-6-12)8-13-3/h9-12H,4-8H2,1-3H3. The summed E-state index contributed by atoms with van der Waals surface area (Å²) in [6.45, 7) is 5.82. The van der Waals surface area contributed by atoms with Crippen molar-refractivity contribution in [3.05, 3.63) is 0 Å². The van der Waals surface area contributed by atoms with E-state index in [0.717, 1.165) is 24.6 Å². The molecule has 0 amide bonds. The highest BCUT2D eigenvalue weighted by atomic mass is 32.2. The fourth-order valence-corrected chi connectivity index (χ4v) is 1.80. The van der Waals surface area contributed by atoms with Crippen molar-refractivity contribution < 1.29 is 5.11 Å². The first-order valence-corrected chi connectivity index (χ1v) is 6.47. The Morgan fingerprint density at radius 3 is 2.62 bits per heavy atom. The lowest BCUT2D eigenvalue weighted by Crippen LogP contribution is -2.35. The Morgan fingerprint density at radius 2 is 2.15 bits per heavy atom. The van der Waals surface area contributed by atoms with E-state index in [1.807, 2.05) is 11.8 Å². The van der Waals surface area contributed by atoms with E-state index in [0.29, 0.717) is 12.6 Å². The number of aliphatic hydroxyl groups is 1. The number of rotatable bonds is 8. The zero-order valence-corrected chi connectivity index (χ0v) is 9.86. The highest BCUT2D eigenvalue weighted by Crippen LogP contribution is 2.04. The van der Waals surface area contributed by atoms with Crippen LogP contribution in [0.3, 0.4) is 0 Å². The molecule has 0 aliphatic rings. The number of hydrogen-bond acceptors (Lipinski definition) is 3. The third-order valence-electron chi connectivity index (χ3n) is 2.30. The summed E-state index contributed by atoms with van der Waals surface area (Å²) in [4.78, 5) is 0. The predicted molar refractivity (Wildman–Crippen MR) is 61.3 cm³/mol. The molecule has 0 rings (SSSR count). The third kappa shape index (κ3) is 7.35. The van der Waals surface area contributed by atoms with Crippen LogP contribution in [0.25, 0.3) is 0 Å². The van der Waals surface area contributed by atoms with Crippen molar-refractivity contribution >= 4 is 11.8 Å². The molecule has 0 aliphatic carbocycles. The molecular weight excluding hydrogens is 182 g/mol. The quantitative estimate of drug-likeness (QED) is 0.633. The largest absolute Gasteiger partial charge is 0.396 e. The molecule has 2 unspecified atom stereocenters. The molecule has 80 valence electrons. The summed E-state index contributed by atoms with van der Waals surface area (Å²) in [5, 5.41) is 12.3. The topological polar surface area (TPSA) is 32.3 Å². The minimum Gasteiger partial charge on any atom is -0.396 e. The maximum Gasteiger partial charge on any atom is 0.0446 e. The summed E-state index contributed by atoms with van der Waals surface area (Å²) in [6, 6.07) is 0.481. The molecule has 2 atom stereocenters. The summed E-state index contributed by atoms with van der Waals surface area (Å²) >= 11 is 1.84. The first-order valence-electron chi connectivity index (χ1n) is 5.07. The molecule has 0 spiro atoms. The van der Waals surface area contributed by atoms with Crippen LogP contribution in [0.1, 0.15) is 26.7 Å². The Morgan fingerprint density at radius 1 is 1.46 bits per heavy atom. The lowest BCUT2D eigenvalue weighted by Gasteiger charge is -2.19. The lowest BCUT2D eigenvalue weighted by atomic mass is 10.1. The molecule has 0 aromatic rings. The van der Waals surface area contributed by atoms with Crippen molar-refractivity contribution in [3.8, 4) is 0 Å². The van der Waals surface area contributed by atoms with Crippen molar-refractivity contribution in [3.63, 3.8) is 0 Å². The van der Waals surface area contributed by atoms with Crippen molar-refractivity contribution in [1.29, 1.82) is 0 Å². The fraction of sp³-hybridized carbons (Fsp3) is 1.00. The Bertz CT molecular complexity index is 105. The summed E-state index contributed by atoms with van der Waals surface area (Å²) in [6.07, 6.45) is 4.20. The zero-order valence-electron chi connectivity index (χ0n) is 9.05. The van der Waals surface area contributed by atoms with Gasteiger partial charge in [-0.3, -0.25) is 0 Å². The van der Waals surface area contributed by atoms with E-state index >= 15 is 0 Å². The number of hydrogen-bond donors (Lipinski definition) is 2. The Labute approximate surface area is 86.5 Å². The van der Waals surface area contributed by atoms with Crippen LogP contribution in [0.4, 0.5) is 0 Å². The smallest absolute Gasteiger partial charge is 0.0446 e. The first-order chi connectivity index (χ1) is 6.24. The Kier molecular flexibility index (Phi) is 9.03. The summed E-state index contributed by atoms with van der Waals surface area (Å²) in [5.74, 6) is 1.83. The Hall–Kier alpha value is 0.270. The van der Waals surface area contributed by atoms with Gasteiger partial charge in [0.25, 0.3) is 0 Å². The number of thioether (sulfide) groups is 1. The number of nitrogens with one attached hydrogen (secondary N) is 1. The number of aliphatic hydroxyl groups excluding tert-OH is 1. The molecule has 0 heterocycles. The molecule has 0 aliphatic heterocycles. The lowest BCUT2D eigenvalue weighted by molar-refractivity contribution is 0.267. The average molecular weight is 205 g/mol. The van der Waals surface area contributed by atoms with Gasteiger partial charge in [0.05, 0.1) is 0 Å². The van der Waals surface area contributed by atoms with Gasteiger partial charge in [-0.2, -0.15) is 11.8 Å². The van der Waals surface area contributed by atoms with Gasteiger partial charge in [-0.05, 0) is 25.1 Å². The average Bonchev–Trinajstić information content (AvgIpc) is 2.14. The SMILES string of the molecule is CCC(C)CNC(CCO)CSC. The van der Waals surface area contributed by atoms with Crippen LogP contribution in [0.5, 0.6) is 0 Å². The van der Waals surface area contributed by atoms with Crippen LogP contribution >= 0.6 is 11.8 Å². The van der Waals surface area contributed by atoms with Gasteiger partial charge in [-0.15, -0.1) is 0 Å². The van der Waals surface area contributed by atoms with Crippen LogP contribution in [-0.2, 0) is 0 Å². The predicted octanol–water partition coefficient (Wildman–Crippen LogP) is 1.74. The van der Waals surface area contributed by atoms with Crippen molar-refractivity contribution in [2.24, 2.45) is 5.92 Å². The van der Waals surface area contributed by atoms with Crippen LogP contribution in [0.2, 0.25) is 0 Å². The first kappa shape index (κ1) is 13.3. The second-order valence-corrected chi connectivity index (χ2v) is 4.50. The zero-order chi connectivity index (χ0) is 10.1. The maximum absolute atomic E-state index is 8.84. The summed E-state index contributed by atoms with van der Waals surface area (Å²) < 4.78 is 0. The van der Waals surface area contributed by atoms with E-state index in [4.69, 9.17) is 5.11 Å². The summed E-state index contributed by atoms with van der Waals surface area (Å²) in [5.41, 5.74) is 0. The molecule has 3 heteroatoms. The van der Waals surface area contributed by atoms with E-state index in [1.165, 1.54) is 6.42 Å². The van der Waals surface area contributed by atoms with Gasteiger partial charge < -0.3 is 10.4 Å².